The number of halogens is 2. The highest BCUT2D eigenvalue weighted by atomic mass is 35.5. The van der Waals surface area contributed by atoms with Gasteiger partial charge in [-0.1, -0.05) is 35.3 Å². The minimum Gasteiger partial charge on any atom is -0.492 e. The molecule has 0 aliphatic heterocycles. The zero-order valence-electron chi connectivity index (χ0n) is 11.0. The van der Waals surface area contributed by atoms with Crippen molar-refractivity contribution in [1.82, 2.24) is 0 Å². The average molecular weight is 326 g/mol. The molecule has 0 amide bonds. The van der Waals surface area contributed by atoms with Gasteiger partial charge in [0.2, 0.25) is 0 Å². The minimum atomic E-state index is -0.982. The van der Waals surface area contributed by atoms with Crippen LogP contribution in [-0.4, -0.2) is 24.2 Å². The van der Waals surface area contributed by atoms with Gasteiger partial charge in [0.25, 0.3) is 0 Å². The number of anilines is 1. The fourth-order valence-electron chi connectivity index (χ4n) is 1.71. The Labute approximate surface area is 132 Å². The molecule has 0 aliphatic carbocycles. The van der Waals surface area contributed by atoms with Crippen molar-refractivity contribution < 1.29 is 14.6 Å². The highest BCUT2D eigenvalue weighted by Gasteiger charge is 2.05. The quantitative estimate of drug-likeness (QED) is 0.782. The summed E-state index contributed by atoms with van der Waals surface area (Å²) in [4.78, 5) is 10.8. The Morgan fingerprint density at radius 1 is 1.19 bits per heavy atom. The molecule has 2 aromatic rings. The number of rotatable bonds is 6. The SMILES string of the molecule is O=C(O)c1cccc(OCCNc2cccc(Cl)c2Cl)c1. The number of hydrogen-bond donors (Lipinski definition) is 2. The van der Waals surface area contributed by atoms with E-state index >= 15 is 0 Å². The van der Waals surface area contributed by atoms with Crippen molar-refractivity contribution in [3.63, 3.8) is 0 Å². The van der Waals surface area contributed by atoms with Crippen LogP contribution in [0.5, 0.6) is 5.75 Å². The molecule has 110 valence electrons. The van der Waals surface area contributed by atoms with Crippen LogP contribution in [-0.2, 0) is 0 Å². The number of carboxylic acid groups (broad SMARTS) is 1. The lowest BCUT2D eigenvalue weighted by atomic mass is 10.2. The normalized spacial score (nSPS) is 10.2. The summed E-state index contributed by atoms with van der Waals surface area (Å²) in [5, 5.41) is 12.9. The predicted molar refractivity (Wildman–Crippen MR) is 83.8 cm³/mol. The largest absolute Gasteiger partial charge is 0.492 e. The molecule has 0 spiro atoms. The molecule has 0 aromatic heterocycles. The molecule has 6 heteroatoms. The number of carbonyl (C=O) groups is 1. The summed E-state index contributed by atoms with van der Waals surface area (Å²) in [6, 6.07) is 11.7. The van der Waals surface area contributed by atoms with Crippen LogP contribution in [0.15, 0.2) is 42.5 Å². The zero-order valence-corrected chi connectivity index (χ0v) is 12.5. The molecular weight excluding hydrogens is 313 g/mol. The number of hydrogen-bond acceptors (Lipinski definition) is 3. The molecule has 4 nitrogen and oxygen atoms in total. The summed E-state index contributed by atoms with van der Waals surface area (Å²) in [6.07, 6.45) is 0. The molecular formula is C15H13Cl2NO3. The highest BCUT2D eigenvalue weighted by molar-refractivity contribution is 6.43. The van der Waals surface area contributed by atoms with Crippen molar-refractivity contribution in [2.45, 2.75) is 0 Å². The number of nitrogens with one attached hydrogen (secondary N) is 1. The summed E-state index contributed by atoms with van der Waals surface area (Å²) < 4.78 is 5.49. The number of carboxylic acids is 1. The third-order valence-corrected chi connectivity index (χ3v) is 3.54. The molecule has 0 radical (unpaired) electrons. The monoisotopic (exact) mass is 325 g/mol. The smallest absolute Gasteiger partial charge is 0.335 e. The fraction of sp³-hybridized carbons (Fsp3) is 0.133. The van der Waals surface area contributed by atoms with Crippen LogP contribution in [0.3, 0.4) is 0 Å². The Hall–Kier alpha value is -1.91. The second-order valence-electron chi connectivity index (χ2n) is 4.21. The molecule has 0 atom stereocenters. The lowest BCUT2D eigenvalue weighted by molar-refractivity contribution is 0.0696. The molecule has 0 bridgehead atoms. The maximum atomic E-state index is 10.8. The molecule has 0 saturated carbocycles. The second-order valence-corrected chi connectivity index (χ2v) is 4.99. The minimum absolute atomic E-state index is 0.193. The van der Waals surface area contributed by atoms with E-state index in [2.05, 4.69) is 5.32 Å². The highest BCUT2D eigenvalue weighted by Crippen LogP contribution is 2.29. The van der Waals surface area contributed by atoms with Gasteiger partial charge in [-0.2, -0.15) is 0 Å². The summed E-state index contributed by atoms with van der Waals surface area (Å²) in [5.74, 6) is -0.474. The first kappa shape index (κ1) is 15.5. The predicted octanol–water partition coefficient (Wildman–Crippen LogP) is 4.18. The van der Waals surface area contributed by atoms with Gasteiger partial charge in [0.1, 0.15) is 12.4 Å². The first-order valence-corrected chi connectivity index (χ1v) is 6.97. The number of aromatic carboxylic acids is 1. The Balaban J connectivity index is 1.86. The van der Waals surface area contributed by atoms with Crippen molar-refractivity contribution >= 4 is 34.9 Å². The van der Waals surface area contributed by atoms with Gasteiger partial charge in [0.05, 0.1) is 21.3 Å². The maximum Gasteiger partial charge on any atom is 0.335 e. The van der Waals surface area contributed by atoms with Crippen molar-refractivity contribution in [2.24, 2.45) is 0 Å². The first-order chi connectivity index (χ1) is 10.1. The van der Waals surface area contributed by atoms with Gasteiger partial charge in [-0.3, -0.25) is 0 Å². The molecule has 2 aromatic carbocycles. The van der Waals surface area contributed by atoms with E-state index < -0.39 is 5.97 Å². The summed E-state index contributed by atoms with van der Waals surface area (Å²) in [6.45, 7) is 0.878. The molecule has 21 heavy (non-hydrogen) atoms. The third kappa shape index (κ3) is 4.28. The van der Waals surface area contributed by atoms with Crippen molar-refractivity contribution in [1.29, 1.82) is 0 Å². The van der Waals surface area contributed by atoms with E-state index in [1.807, 2.05) is 6.07 Å². The fourth-order valence-corrected chi connectivity index (χ4v) is 2.08. The third-order valence-electron chi connectivity index (χ3n) is 2.72. The molecule has 0 saturated heterocycles. The molecule has 0 heterocycles. The van der Waals surface area contributed by atoms with Crippen molar-refractivity contribution in [2.75, 3.05) is 18.5 Å². The van der Waals surface area contributed by atoms with E-state index in [1.165, 1.54) is 12.1 Å². The summed E-state index contributed by atoms with van der Waals surface area (Å²) >= 11 is 12.0. The van der Waals surface area contributed by atoms with Crippen LogP contribution in [0.4, 0.5) is 5.69 Å². The van der Waals surface area contributed by atoms with Gasteiger partial charge >= 0.3 is 5.97 Å². The Bertz CT molecular complexity index is 647. The van der Waals surface area contributed by atoms with Gasteiger partial charge in [-0.05, 0) is 30.3 Å². The van der Waals surface area contributed by atoms with Crippen molar-refractivity contribution in [3.8, 4) is 5.75 Å². The van der Waals surface area contributed by atoms with Crippen LogP contribution in [0.1, 0.15) is 10.4 Å². The van der Waals surface area contributed by atoms with E-state index in [1.54, 1.807) is 24.3 Å². The molecule has 0 fully saturated rings. The average Bonchev–Trinajstić information content (AvgIpc) is 2.48. The van der Waals surface area contributed by atoms with Crippen LogP contribution in [0, 0.1) is 0 Å². The van der Waals surface area contributed by atoms with Crippen LogP contribution in [0.2, 0.25) is 10.0 Å². The standard InChI is InChI=1S/C15H13Cl2NO3/c16-12-5-2-6-13(14(12)17)18-7-8-21-11-4-1-3-10(9-11)15(19)20/h1-6,9,18H,7-8H2,(H,19,20). The van der Waals surface area contributed by atoms with Gasteiger partial charge < -0.3 is 15.2 Å². The lowest BCUT2D eigenvalue weighted by Crippen LogP contribution is -2.12. The molecule has 2 rings (SSSR count). The Morgan fingerprint density at radius 3 is 2.71 bits per heavy atom. The summed E-state index contributed by atoms with van der Waals surface area (Å²) in [5.41, 5.74) is 0.922. The van der Waals surface area contributed by atoms with Gasteiger partial charge in [0, 0.05) is 6.54 Å². The van der Waals surface area contributed by atoms with E-state index in [0.29, 0.717) is 28.9 Å². The first-order valence-electron chi connectivity index (χ1n) is 6.22. The Morgan fingerprint density at radius 2 is 1.95 bits per heavy atom. The van der Waals surface area contributed by atoms with Gasteiger partial charge in [-0.25, -0.2) is 4.79 Å². The second kappa shape index (κ2) is 7.20. The number of benzene rings is 2. The summed E-state index contributed by atoms with van der Waals surface area (Å²) in [7, 11) is 0. The Kier molecular flexibility index (Phi) is 5.31. The molecule has 0 aliphatic rings. The maximum absolute atomic E-state index is 10.8. The van der Waals surface area contributed by atoms with Gasteiger partial charge in [-0.15, -0.1) is 0 Å². The van der Waals surface area contributed by atoms with E-state index in [9.17, 15) is 4.79 Å². The van der Waals surface area contributed by atoms with E-state index in [0.717, 1.165) is 5.69 Å². The van der Waals surface area contributed by atoms with Crippen LogP contribution < -0.4 is 10.1 Å². The topological polar surface area (TPSA) is 58.6 Å². The van der Waals surface area contributed by atoms with E-state index in [4.69, 9.17) is 33.0 Å². The number of ether oxygens (including phenoxy) is 1. The van der Waals surface area contributed by atoms with Crippen LogP contribution >= 0.6 is 23.2 Å². The lowest BCUT2D eigenvalue weighted by Gasteiger charge is -2.10. The van der Waals surface area contributed by atoms with Crippen LogP contribution in [0.25, 0.3) is 0 Å². The van der Waals surface area contributed by atoms with Crippen molar-refractivity contribution in [3.05, 3.63) is 58.1 Å². The van der Waals surface area contributed by atoms with Gasteiger partial charge in [0.15, 0.2) is 0 Å². The van der Waals surface area contributed by atoms with E-state index in [-0.39, 0.29) is 5.56 Å². The zero-order chi connectivity index (χ0) is 15.2. The molecule has 0 unspecified atom stereocenters. The molecule has 2 N–H and O–H groups in total.